The summed E-state index contributed by atoms with van der Waals surface area (Å²) in [5.41, 5.74) is 1.37. The van der Waals surface area contributed by atoms with Gasteiger partial charge in [0.15, 0.2) is 11.5 Å². The first kappa shape index (κ1) is 17.3. The molecule has 0 saturated carbocycles. The Morgan fingerprint density at radius 3 is 2.27 bits per heavy atom. The molecule has 0 aliphatic rings. The minimum atomic E-state index is -0.0957. The van der Waals surface area contributed by atoms with Gasteiger partial charge in [-0.3, -0.25) is 4.79 Å². The lowest BCUT2D eigenvalue weighted by Gasteiger charge is -2.10. The molecule has 0 heterocycles. The molecule has 4 heteroatoms. The van der Waals surface area contributed by atoms with E-state index < -0.39 is 0 Å². The van der Waals surface area contributed by atoms with Crippen molar-refractivity contribution >= 4 is 11.5 Å². The molecule has 130 valence electrons. The number of anilines is 1. The predicted molar refractivity (Wildman–Crippen MR) is 103 cm³/mol. The van der Waals surface area contributed by atoms with Gasteiger partial charge in [-0.25, -0.2) is 0 Å². The Morgan fingerprint density at radius 2 is 1.54 bits per heavy atom. The lowest BCUT2D eigenvalue weighted by Crippen LogP contribution is -1.97. The largest absolute Gasteiger partial charge is 0.497 e. The molecule has 0 unspecified atom stereocenters. The van der Waals surface area contributed by atoms with Crippen molar-refractivity contribution in [3.8, 4) is 17.2 Å². The highest BCUT2D eigenvalue weighted by Crippen LogP contribution is 2.29. The van der Waals surface area contributed by atoms with Crippen LogP contribution in [-0.2, 0) is 0 Å². The lowest BCUT2D eigenvalue weighted by molar-refractivity contribution is 0.104. The van der Waals surface area contributed by atoms with Crippen molar-refractivity contribution in [3.63, 3.8) is 0 Å². The molecule has 0 aromatic heterocycles. The first-order valence-corrected chi connectivity index (χ1v) is 8.19. The molecule has 0 radical (unpaired) electrons. The molecule has 0 aliphatic carbocycles. The zero-order valence-electron chi connectivity index (χ0n) is 14.4. The van der Waals surface area contributed by atoms with Gasteiger partial charge in [-0.05, 0) is 48.5 Å². The molecule has 3 aromatic carbocycles. The quantitative estimate of drug-likeness (QED) is 0.466. The Labute approximate surface area is 152 Å². The summed E-state index contributed by atoms with van der Waals surface area (Å²) < 4.78 is 11.0. The second kappa shape index (κ2) is 8.53. The third-order valence-corrected chi connectivity index (χ3v) is 3.71. The lowest BCUT2D eigenvalue weighted by atomic mass is 10.1. The minimum absolute atomic E-state index is 0.0957. The molecular formula is C22H19NO3. The van der Waals surface area contributed by atoms with Crippen molar-refractivity contribution in [3.05, 3.63) is 96.7 Å². The van der Waals surface area contributed by atoms with E-state index in [1.165, 1.54) is 6.08 Å². The molecular weight excluding hydrogens is 326 g/mol. The molecule has 1 N–H and O–H groups in total. The zero-order chi connectivity index (χ0) is 18.2. The monoisotopic (exact) mass is 345 g/mol. The number of carbonyl (C=O) groups is 1. The van der Waals surface area contributed by atoms with Gasteiger partial charge in [-0.2, -0.15) is 0 Å². The summed E-state index contributed by atoms with van der Waals surface area (Å²) >= 11 is 0. The van der Waals surface area contributed by atoms with Crippen molar-refractivity contribution in [2.24, 2.45) is 0 Å². The van der Waals surface area contributed by atoms with Crippen molar-refractivity contribution in [1.82, 2.24) is 0 Å². The van der Waals surface area contributed by atoms with Gasteiger partial charge in [0, 0.05) is 17.8 Å². The van der Waals surface area contributed by atoms with Gasteiger partial charge in [0.1, 0.15) is 11.5 Å². The van der Waals surface area contributed by atoms with E-state index in [0.717, 1.165) is 17.2 Å². The number of ether oxygens (including phenoxy) is 2. The summed E-state index contributed by atoms with van der Waals surface area (Å²) in [4.78, 5) is 12.2. The van der Waals surface area contributed by atoms with Crippen LogP contribution in [-0.4, -0.2) is 12.9 Å². The number of allylic oxidation sites excluding steroid dienone is 1. The van der Waals surface area contributed by atoms with Crippen LogP contribution in [0, 0.1) is 0 Å². The topological polar surface area (TPSA) is 47.6 Å². The van der Waals surface area contributed by atoms with Gasteiger partial charge in [0.25, 0.3) is 0 Å². The Morgan fingerprint density at radius 1 is 0.846 bits per heavy atom. The molecule has 3 aromatic rings. The van der Waals surface area contributed by atoms with E-state index in [1.807, 2.05) is 54.6 Å². The number of methoxy groups -OCH3 is 1. The summed E-state index contributed by atoms with van der Waals surface area (Å²) in [5.74, 6) is 2.05. The normalized spacial score (nSPS) is 10.5. The average Bonchev–Trinajstić information content (AvgIpc) is 2.70. The van der Waals surface area contributed by atoms with Crippen molar-refractivity contribution in [2.75, 3.05) is 12.4 Å². The number of para-hydroxylation sites is 3. The molecule has 0 aliphatic heterocycles. The fourth-order valence-corrected chi connectivity index (χ4v) is 2.35. The summed E-state index contributed by atoms with van der Waals surface area (Å²) in [6, 6.07) is 24.1. The van der Waals surface area contributed by atoms with E-state index in [1.54, 1.807) is 37.6 Å². The number of rotatable bonds is 7. The van der Waals surface area contributed by atoms with Gasteiger partial charge in [0.05, 0.1) is 12.8 Å². The molecule has 0 saturated heterocycles. The van der Waals surface area contributed by atoms with Crippen LogP contribution in [0.4, 0.5) is 5.69 Å². The summed E-state index contributed by atoms with van der Waals surface area (Å²) in [6.07, 6.45) is 3.10. The SMILES string of the molecule is COc1ccc(C(=O)/C=C/Nc2ccccc2Oc2ccccc2)cc1. The highest BCUT2D eigenvalue weighted by atomic mass is 16.5. The van der Waals surface area contributed by atoms with E-state index in [2.05, 4.69) is 5.32 Å². The first-order chi connectivity index (χ1) is 12.8. The molecule has 0 fully saturated rings. The third kappa shape index (κ3) is 4.51. The van der Waals surface area contributed by atoms with Gasteiger partial charge >= 0.3 is 0 Å². The summed E-state index contributed by atoms with van der Waals surface area (Å²) in [6.45, 7) is 0. The van der Waals surface area contributed by atoms with Gasteiger partial charge < -0.3 is 14.8 Å². The van der Waals surface area contributed by atoms with E-state index >= 15 is 0 Å². The van der Waals surface area contributed by atoms with Crippen LogP contribution in [0.25, 0.3) is 0 Å². The summed E-state index contributed by atoms with van der Waals surface area (Å²) in [5, 5.41) is 3.11. The maximum absolute atomic E-state index is 12.2. The third-order valence-electron chi connectivity index (χ3n) is 3.71. The van der Waals surface area contributed by atoms with E-state index in [4.69, 9.17) is 9.47 Å². The van der Waals surface area contributed by atoms with Gasteiger partial charge in [0.2, 0.25) is 0 Å². The predicted octanol–water partition coefficient (Wildman–Crippen LogP) is 5.30. The van der Waals surface area contributed by atoms with E-state index in [9.17, 15) is 4.79 Å². The Hall–Kier alpha value is -3.53. The molecule has 4 nitrogen and oxygen atoms in total. The van der Waals surface area contributed by atoms with Gasteiger partial charge in [-0.15, -0.1) is 0 Å². The van der Waals surface area contributed by atoms with Crippen molar-refractivity contribution in [1.29, 1.82) is 0 Å². The first-order valence-electron chi connectivity index (χ1n) is 8.19. The number of benzene rings is 3. The van der Waals surface area contributed by atoms with Crippen molar-refractivity contribution in [2.45, 2.75) is 0 Å². The summed E-state index contributed by atoms with van der Waals surface area (Å²) in [7, 11) is 1.59. The Balaban J connectivity index is 1.67. The zero-order valence-corrected chi connectivity index (χ0v) is 14.4. The second-order valence-corrected chi connectivity index (χ2v) is 5.48. The molecule has 0 spiro atoms. The van der Waals surface area contributed by atoms with Crippen LogP contribution >= 0.6 is 0 Å². The standard InChI is InChI=1S/C22H19NO3/c1-25-18-13-11-17(12-14-18)21(24)15-16-23-20-9-5-6-10-22(20)26-19-7-3-2-4-8-19/h2-16,23H,1H3/b16-15+. The Kier molecular flexibility index (Phi) is 5.68. The van der Waals surface area contributed by atoms with Crippen LogP contribution in [0.1, 0.15) is 10.4 Å². The molecule has 0 amide bonds. The van der Waals surface area contributed by atoms with Crippen LogP contribution in [0.2, 0.25) is 0 Å². The molecule has 3 rings (SSSR count). The molecule has 0 bridgehead atoms. The highest BCUT2D eigenvalue weighted by Gasteiger charge is 2.04. The number of hydrogen-bond acceptors (Lipinski definition) is 4. The van der Waals surface area contributed by atoms with Gasteiger partial charge in [-0.1, -0.05) is 30.3 Å². The van der Waals surface area contributed by atoms with Crippen LogP contribution in [0.5, 0.6) is 17.2 Å². The second-order valence-electron chi connectivity index (χ2n) is 5.48. The van der Waals surface area contributed by atoms with Crippen LogP contribution in [0.3, 0.4) is 0 Å². The smallest absolute Gasteiger partial charge is 0.187 e. The highest BCUT2D eigenvalue weighted by molar-refractivity contribution is 6.04. The maximum Gasteiger partial charge on any atom is 0.187 e. The number of hydrogen-bond donors (Lipinski definition) is 1. The average molecular weight is 345 g/mol. The molecule has 0 atom stereocenters. The molecule has 26 heavy (non-hydrogen) atoms. The minimum Gasteiger partial charge on any atom is -0.497 e. The fraction of sp³-hybridized carbons (Fsp3) is 0.0455. The van der Waals surface area contributed by atoms with Crippen molar-refractivity contribution < 1.29 is 14.3 Å². The van der Waals surface area contributed by atoms with Crippen LogP contribution in [0.15, 0.2) is 91.1 Å². The number of ketones is 1. The fourth-order valence-electron chi connectivity index (χ4n) is 2.35. The number of carbonyl (C=O) groups excluding carboxylic acids is 1. The maximum atomic E-state index is 12.2. The van der Waals surface area contributed by atoms with E-state index in [-0.39, 0.29) is 5.78 Å². The van der Waals surface area contributed by atoms with Crippen LogP contribution < -0.4 is 14.8 Å². The van der Waals surface area contributed by atoms with E-state index in [0.29, 0.717) is 11.3 Å². The Bertz CT molecular complexity index is 887. The number of nitrogens with one attached hydrogen (secondary N) is 1.